The van der Waals surface area contributed by atoms with E-state index in [1.165, 1.54) is 75.3 Å². The van der Waals surface area contributed by atoms with Crippen LogP contribution >= 0.6 is 11.6 Å². The number of hydrogen-bond donors (Lipinski definition) is 1. The molecule has 1 aromatic rings. The lowest BCUT2D eigenvalue weighted by atomic mass is 9.51. The second-order valence-electron chi connectivity index (χ2n) is 11.1. The van der Waals surface area contributed by atoms with Gasteiger partial charge in [-0.15, -0.1) is 6.58 Å². The molecule has 1 aromatic carbocycles. The first-order valence-corrected chi connectivity index (χ1v) is 13.2. The highest BCUT2D eigenvalue weighted by atomic mass is 35.5. The summed E-state index contributed by atoms with van der Waals surface area (Å²) in [4.78, 5) is 0. The number of nitrogens with one attached hydrogen (secondary N) is 1. The van der Waals surface area contributed by atoms with Crippen molar-refractivity contribution < 1.29 is 0 Å². The fraction of sp³-hybridized carbons (Fsp3) is 0.714. The highest BCUT2D eigenvalue weighted by Crippen LogP contribution is 2.60. The van der Waals surface area contributed by atoms with Crippen molar-refractivity contribution in [3.8, 4) is 0 Å². The Morgan fingerprint density at radius 3 is 2.30 bits per heavy atom. The first-order chi connectivity index (χ1) is 14.6. The molecule has 0 aromatic heterocycles. The Balaban J connectivity index is 1.35. The summed E-state index contributed by atoms with van der Waals surface area (Å²) in [5, 5.41) is 4.91. The molecule has 0 radical (unpaired) electrons. The number of halogens is 1. The molecule has 5 aliphatic carbocycles. The van der Waals surface area contributed by atoms with E-state index in [0.29, 0.717) is 5.92 Å². The van der Waals surface area contributed by atoms with Crippen LogP contribution in [0.25, 0.3) is 0 Å². The van der Waals surface area contributed by atoms with Gasteiger partial charge in [-0.1, -0.05) is 56.0 Å². The van der Waals surface area contributed by atoms with Crippen molar-refractivity contribution in [1.29, 1.82) is 0 Å². The summed E-state index contributed by atoms with van der Waals surface area (Å²) in [6, 6.07) is 7.11. The Morgan fingerprint density at radius 2 is 1.73 bits per heavy atom. The van der Waals surface area contributed by atoms with Crippen molar-refractivity contribution in [2.75, 3.05) is 6.54 Å². The third-order valence-electron chi connectivity index (χ3n) is 9.38. The van der Waals surface area contributed by atoms with Gasteiger partial charge >= 0.3 is 0 Å². The smallest absolute Gasteiger partial charge is 0.0443 e. The van der Waals surface area contributed by atoms with Crippen molar-refractivity contribution >= 4 is 11.6 Å². The summed E-state index contributed by atoms with van der Waals surface area (Å²) in [5.41, 5.74) is 3.07. The Labute approximate surface area is 189 Å². The first kappa shape index (κ1) is 21.1. The Hall–Kier alpha value is -0.790. The standard InChI is InChI=1S/C28H40ClN/c1-3-24(28(30-4-2)10-6-5-7-11-28)17-19-8-9-25(26(29)18-19)27-22-13-20-12-21(15-22)16-23(27)14-20/h3,8-9,18,20-24,27,30H,1,4-7,10-17H2,2H3. The van der Waals surface area contributed by atoms with Crippen molar-refractivity contribution in [2.45, 2.75) is 89.0 Å². The van der Waals surface area contributed by atoms with E-state index in [2.05, 4.69) is 43.1 Å². The minimum atomic E-state index is 0.224. The highest BCUT2D eigenvalue weighted by molar-refractivity contribution is 6.31. The van der Waals surface area contributed by atoms with Crippen molar-refractivity contribution in [1.82, 2.24) is 5.32 Å². The summed E-state index contributed by atoms with van der Waals surface area (Å²) < 4.78 is 0. The van der Waals surface area contributed by atoms with Crippen LogP contribution in [0.3, 0.4) is 0 Å². The van der Waals surface area contributed by atoms with Crippen LogP contribution in [0.15, 0.2) is 30.9 Å². The average Bonchev–Trinajstić information content (AvgIpc) is 2.73. The minimum absolute atomic E-state index is 0.224. The van der Waals surface area contributed by atoms with E-state index in [0.717, 1.165) is 47.6 Å². The van der Waals surface area contributed by atoms with Crippen LogP contribution in [0.1, 0.15) is 88.2 Å². The van der Waals surface area contributed by atoms with E-state index in [1.807, 2.05) is 0 Å². The van der Waals surface area contributed by atoms with Crippen LogP contribution in [-0.2, 0) is 6.42 Å². The molecule has 1 unspecified atom stereocenters. The molecule has 6 rings (SSSR count). The van der Waals surface area contributed by atoms with Gasteiger partial charge in [-0.25, -0.2) is 0 Å². The van der Waals surface area contributed by atoms with E-state index >= 15 is 0 Å². The van der Waals surface area contributed by atoms with Crippen LogP contribution in [0.5, 0.6) is 0 Å². The van der Waals surface area contributed by atoms with E-state index < -0.39 is 0 Å². The van der Waals surface area contributed by atoms with Crippen LogP contribution < -0.4 is 5.32 Å². The van der Waals surface area contributed by atoms with Crippen molar-refractivity contribution in [2.24, 2.45) is 29.6 Å². The average molecular weight is 426 g/mol. The van der Waals surface area contributed by atoms with E-state index in [4.69, 9.17) is 11.6 Å². The second-order valence-corrected chi connectivity index (χ2v) is 11.5. The number of benzene rings is 1. The van der Waals surface area contributed by atoms with Gasteiger partial charge in [-0.05, 0) is 111 Å². The summed E-state index contributed by atoms with van der Waals surface area (Å²) in [7, 11) is 0. The molecule has 0 amide bonds. The molecule has 0 heterocycles. The summed E-state index contributed by atoms with van der Waals surface area (Å²) in [6.07, 6.45) is 17.2. The molecule has 5 saturated carbocycles. The fourth-order valence-electron chi connectivity index (χ4n) is 8.37. The monoisotopic (exact) mass is 425 g/mol. The van der Waals surface area contributed by atoms with Gasteiger partial charge in [0.25, 0.3) is 0 Å². The maximum Gasteiger partial charge on any atom is 0.0443 e. The van der Waals surface area contributed by atoms with Gasteiger partial charge in [0.1, 0.15) is 0 Å². The molecule has 5 fully saturated rings. The van der Waals surface area contributed by atoms with Gasteiger partial charge in [0.2, 0.25) is 0 Å². The topological polar surface area (TPSA) is 12.0 Å². The van der Waals surface area contributed by atoms with Crippen molar-refractivity contribution in [3.63, 3.8) is 0 Å². The Morgan fingerprint density at radius 1 is 1.07 bits per heavy atom. The lowest BCUT2D eigenvalue weighted by molar-refractivity contribution is -0.00275. The van der Waals surface area contributed by atoms with Crippen LogP contribution in [0, 0.1) is 29.6 Å². The van der Waals surface area contributed by atoms with E-state index in [1.54, 1.807) is 0 Å². The molecule has 1 atom stereocenters. The minimum Gasteiger partial charge on any atom is -0.311 e. The zero-order valence-electron chi connectivity index (χ0n) is 18.8. The summed E-state index contributed by atoms with van der Waals surface area (Å²) >= 11 is 6.99. The Bertz CT molecular complexity index is 728. The normalized spacial score (nSPS) is 35.3. The molecule has 4 bridgehead atoms. The molecule has 1 N–H and O–H groups in total. The molecular formula is C28H40ClN. The maximum absolute atomic E-state index is 6.99. The zero-order chi connectivity index (χ0) is 20.7. The van der Waals surface area contributed by atoms with Crippen molar-refractivity contribution in [3.05, 3.63) is 47.0 Å². The molecular weight excluding hydrogens is 386 g/mol. The summed E-state index contributed by atoms with van der Waals surface area (Å²) in [6.45, 7) is 7.53. The first-order valence-electron chi connectivity index (χ1n) is 12.8. The van der Waals surface area contributed by atoms with Crippen LogP contribution in [-0.4, -0.2) is 12.1 Å². The van der Waals surface area contributed by atoms with E-state index in [9.17, 15) is 0 Å². The van der Waals surface area contributed by atoms with Gasteiger partial charge < -0.3 is 5.32 Å². The second kappa shape index (κ2) is 8.62. The lowest BCUT2D eigenvalue weighted by Crippen LogP contribution is -2.52. The molecule has 1 nitrogen and oxygen atoms in total. The SMILES string of the molecule is C=CC(Cc1ccc(C2C3CC4CC(C3)CC2C4)c(Cl)c1)C1(NCC)CCCCC1. The Kier molecular flexibility index (Phi) is 6.06. The van der Waals surface area contributed by atoms with Crippen LogP contribution in [0.4, 0.5) is 0 Å². The molecule has 0 aliphatic heterocycles. The lowest BCUT2D eigenvalue weighted by Gasteiger charge is -2.54. The third kappa shape index (κ3) is 3.79. The van der Waals surface area contributed by atoms with Crippen LogP contribution in [0.2, 0.25) is 5.02 Å². The molecule has 0 saturated heterocycles. The van der Waals surface area contributed by atoms with Gasteiger partial charge in [-0.3, -0.25) is 0 Å². The molecule has 30 heavy (non-hydrogen) atoms. The summed E-state index contributed by atoms with van der Waals surface area (Å²) in [5.74, 6) is 5.03. The van der Waals surface area contributed by atoms with Gasteiger partial charge in [0.05, 0.1) is 0 Å². The molecule has 2 heteroatoms. The highest BCUT2D eigenvalue weighted by Gasteiger charge is 2.49. The predicted molar refractivity (Wildman–Crippen MR) is 128 cm³/mol. The quantitative estimate of drug-likeness (QED) is 0.445. The van der Waals surface area contributed by atoms with Gasteiger partial charge in [0.15, 0.2) is 0 Å². The zero-order valence-corrected chi connectivity index (χ0v) is 19.6. The predicted octanol–water partition coefficient (Wildman–Crippen LogP) is 7.54. The molecule has 0 spiro atoms. The largest absolute Gasteiger partial charge is 0.311 e. The van der Waals surface area contributed by atoms with Gasteiger partial charge in [-0.2, -0.15) is 0 Å². The maximum atomic E-state index is 6.99. The van der Waals surface area contributed by atoms with E-state index in [-0.39, 0.29) is 5.54 Å². The molecule has 5 aliphatic rings. The molecule has 164 valence electrons. The fourth-order valence-corrected chi connectivity index (χ4v) is 8.70. The number of rotatable bonds is 7. The van der Waals surface area contributed by atoms with Gasteiger partial charge in [0, 0.05) is 10.6 Å². The number of hydrogen-bond acceptors (Lipinski definition) is 1. The third-order valence-corrected chi connectivity index (χ3v) is 9.70.